The zero-order valence-electron chi connectivity index (χ0n) is 10.6. The van der Waals surface area contributed by atoms with E-state index in [2.05, 4.69) is 16.4 Å². The first kappa shape index (κ1) is 12.8. The molecule has 1 heterocycles. The van der Waals surface area contributed by atoms with E-state index in [1.807, 2.05) is 37.6 Å². The van der Waals surface area contributed by atoms with Gasteiger partial charge in [-0.15, -0.1) is 11.3 Å². The number of allylic oxidation sites excluding steroid dienone is 2. The van der Waals surface area contributed by atoms with Gasteiger partial charge in [0, 0.05) is 12.1 Å². The van der Waals surface area contributed by atoms with E-state index in [0.29, 0.717) is 6.42 Å². The molecule has 2 aromatic rings. The van der Waals surface area contributed by atoms with Crippen LogP contribution in [-0.2, 0) is 4.79 Å². The van der Waals surface area contributed by atoms with E-state index in [9.17, 15) is 4.79 Å². The van der Waals surface area contributed by atoms with Crippen molar-refractivity contribution in [1.82, 2.24) is 4.98 Å². The third kappa shape index (κ3) is 3.40. The number of fused-ring (bicyclic) bond motifs is 1. The summed E-state index contributed by atoms with van der Waals surface area (Å²) in [6.07, 6.45) is 3.37. The van der Waals surface area contributed by atoms with E-state index in [0.717, 1.165) is 22.3 Å². The third-order valence-electron chi connectivity index (χ3n) is 2.54. The van der Waals surface area contributed by atoms with Crippen molar-refractivity contribution in [1.29, 1.82) is 0 Å². The lowest BCUT2D eigenvalue weighted by Gasteiger charge is -2.04. The molecular weight excluding hydrogens is 244 g/mol. The van der Waals surface area contributed by atoms with Crippen LogP contribution in [0, 0.1) is 0 Å². The Morgan fingerprint density at radius 3 is 3.06 bits per heavy atom. The number of hydrogen-bond acceptors (Lipinski definition) is 3. The normalized spacial score (nSPS) is 10.3. The molecule has 0 unspecified atom stereocenters. The molecule has 0 aliphatic rings. The van der Waals surface area contributed by atoms with Crippen LogP contribution in [0.25, 0.3) is 10.2 Å². The lowest BCUT2D eigenvalue weighted by atomic mass is 10.2. The Morgan fingerprint density at radius 2 is 2.28 bits per heavy atom. The predicted molar refractivity (Wildman–Crippen MR) is 76.9 cm³/mol. The molecule has 0 spiro atoms. The zero-order chi connectivity index (χ0) is 13.0. The maximum absolute atomic E-state index is 11.7. The maximum atomic E-state index is 11.7. The summed E-state index contributed by atoms with van der Waals surface area (Å²) in [6.45, 7) is 4.07. The fourth-order valence-electron chi connectivity index (χ4n) is 1.65. The topological polar surface area (TPSA) is 42.0 Å². The number of hydrogen-bond donors (Lipinski definition) is 1. The van der Waals surface area contributed by atoms with E-state index in [1.54, 1.807) is 11.3 Å². The van der Waals surface area contributed by atoms with Crippen molar-refractivity contribution in [2.24, 2.45) is 0 Å². The minimum Gasteiger partial charge on any atom is -0.326 e. The smallest absolute Gasteiger partial charge is 0.224 e. The van der Waals surface area contributed by atoms with Crippen LogP contribution >= 0.6 is 11.3 Å². The number of amides is 1. The van der Waals surface area contributed by atoms with Crippen LogP contribution in [-0.4, -0.2) is 10.9 Å². The SMILES string of the molecule is CC(C)=CCCC(=O)Nc1ccc2scnc2c1. The Hall–Kier alpha value is -1.68. The summed E-state index contributed by atoms with van der Waals surface area (Å²) in [5, 5.41) is 2.89. The highest BCUT2D eigenvalue weighted by molar-refractivity contribution is 7.16. The third-order valence-corrected chi connectivity index (χ3v) is 3.35. The largest absolute Gasteiger partial charge is 0.326 e. The highest BCUT2D eigenvalue weighted by Gasteiger charge is 2.03. The fourth-order valence-corrected chi connectivity index (χ4v) is 2.31. The molecule has 1 amide bonds. The molecule has 0 bridgehead atoms. The Labute approximate surface area is 111 Å². The average molecular weight is 260 g/mol. The Bertz CT molecular complexity index is 582. The second kappa shape index (κ2) is 5.78. The van der Waals surface area contributed by atoms with Gasteiger partial charge in [0.25, 0.3) is 0 Å². The number of benzene rings is 1. The number of thiazole rings is 1. The van der Waals surface area contributed by atoms with Gasteiger partial charge in [-0.05, 0) is 38.5 Å². The molecule has 18 heavy (non-hydrogen) atoms. The molecule has 0 atom stereocenters. The van der Waals surface area contributed by atoms with Gasteiger partial charge in [-0.1, -0.05) is 11.6 Å². The van der Waals surface area contributed by atoms with Crippen LogP contribution in [0.4, 0.5) is 5.69 Å². The van der Waals surface area contributed by atoms with Gasteiger partial charge >= 0.3 is 0 Å². The molecule has 3 nitrogen and oxygen atoms in total. The number of aromatic nitrogens is 1. The van der Waals surface area contributed by atoms with E-state index in [1.165, 1.54) is 5.57 Å². The van der Waals surface area contributed by atoms with E-state index in [4.69, 9.17) is 0 Å². The summed E-state index contributed by atoms with van der Waals surface area (Å²) in [5.41, 5.74) is 4.80. The minimum atomic E-state index is 0.0436. The Morgan fingerprint density at radius 1 is 1.44 bits per heavy atom. The molecule has 1 N–H and O–H groups in total. The van der Waals surface area contributed by atoms with Crippen molar-refractivity contribution >= 4 is 33.1 Å². The molecule has 0 fully saturated rings. The first-order chi connectivity index (χ1) is 8.65. The number of carbonyl (C=O) groups is 1. The van der Waals surface area contributed by atoms with Crippen LogP contribution in [0.15, 0.2) is 35.4 Å². The summed E-state index contributed by atoms with van der Waals surface area (Å²) in [6, 6.07) is 5.81. The maximum Gasteiger partial charge on any atom is 0.224 e. The molecule has 1 aromatic heterocycles. The number of anilines is 1. The van der Waals surface area contributed by atoms with Crippen molar-refractivity contribution in [2.75, 3.05) is 5.32 Å². The molecule has 0 aliphatic heterocycles. The van der Waals surface area contributed by atoms with Gasteiger partial charge < -0.3 is 5.32 Å². The van der Waals surface area contributed by atoms with Crippen molar-refractivity contribution in [3.63, 3.8) is 0 Å². The van der Waals surface area contributed by atoms with Crippen LogP contribution < -0.4 is 5.32 Å². The van der Waals surface area contributed by atoms with Gasteiger partial charge in [-0.25, -0.2) is 4.98 Å². The van der Waals surface area contributed by atoms with Crippen molar-refractivity contribution in [3.8, 4) is 0 Å². The minimum absolute atomic E-state index is 0.0436. The summed E-state index contributed by atoms with van der Waals surface area (Å²) in [5.74, 6) is 0.0436. The zero-order valence-corrected chi connectivity index (χ0v) is 11.4. The van der Waals surface area contributed by atoms with Crippen LogP contribution in [0.3, 0.4) is 0 Å². The van der Waals surface area contributed by atoms with Gasteiger partial charge in [-0.3, -0.25) is 4.79 Å². The van der Waals surface area contributed by atoms with Gasteiger partial charge in [0.2, 0.25) is 5.91 Å². The lowest BCUT2D eigenvalue weighted by Crippen LogP contribution is -2.10. The second-order valence-corrected chi connectivity index (χ2v) is 5.29. The number of nitrogens with one attached hydrogen (secondary N) is 1. The van der Waals surface area contributed by atoms with Crippen molar-refractivity contribution < 1.29 is 4.79 Å². The lowest BCUT2D eigenvalue weighted by molar-refractivity contribution is -0.116. The van der Waals surface area contributed by atoms with Gasteiger partial charge in [0.05, 0.1) is 15.7 Å². The summed E-state index contributed by atoms with van der Waals surface area (Å²) in [4.78, 5) is 15.9. The molecule has 0 aliphatic carbocycles. The van der Waals surface area contributed by atoms with Crippen molar-refractivity contribution in [2.45, 2.75) is 26.7 Å². The molecule has 0 radical (unpaired) electrons. The highest BCUT2D eigenvalue weighted by Crippen LogP contribution is 2.21. The molecular formula is C14H16N2OS. The fraction of sp³-hybridized carbons (Fsp3) is 0.286. The van der Waals surface area contributed by atoms with Gasteiger partial charge in [0.15, 0.2) is 0 Å². The Balaban J connectivity index is 1.96. The van der Waals surface area contributed by atoms with Crippen LogP contribution in [0.1, 0.15) is 26.7 Å². The van der Waals surface area contributed by atoms with E-state index < -0.39 is 0 Å². The highest BCUT2D eigenvalue weighted by atomic mass is 32.1. The summed E-state index contributed by atoms with van der Waals surface area (Å²) < 4.78 is 1.14. The van der Waals surface area contributed by atoms with E-state index in [-0.39, 0.29) is 5.91 Å². The van der Waals surface area contributed by atoms with Crippen molar-refractivity contribution in [3.05, 3.63) is 35.4 Å². The molecule has 4 heteroatoms. The average Bonchev–Trinajstić information content (AvgIpc) is 2.75. The first-order valence-corrected chi connectivity index (χ1v) is 6.79. The predicted octanol–water partition coefficient (Wildman–Crippen LogP) is 3.98. The summed E-state index contributed by atoms with van der Waals surface area (Å²) in [7, 11) is 0. The van der Waals surface area contributed by atoms with Gasteiger partial charge in [0.1, 0.15) is 0 Å². The van der Waals surface area contributed by atoms with E-state index >= 15 is 0 Å². The number of carbonyl (C=O) groups excluding carboxylic acids is 1. The van der Waals surface area contributed by atoms with Gasteiger partial charge in [-0.2, -0.15) is 0 Å². The number of rotatable bonds is 4. The standard InChI is InChI=1S/C14H16N2OS/c1-10(2)4-3-5-14(17)16-11-6-7-13-12(8-11)15-9-18-13/h4,6-9H,3,5H2,1-2H3,(H,16,17). The second-order valence-electron chi connectivity index (χ2n) is 4.40. The molecule has 2 rings (SSSR count). The molecule has 0 saturated heterocycles. The summed E-state index contributed by atoms with van der Waals surface area (Å²) >= 11 is 1.60. The Kier molecular flexibility index (Phi) is 4.10. The first-order valence-electron chi connectivity index (χ1n) is 5.91. The quantitative estimate of drug-likeness (QED) is 0.845. The number of nitrogens with zero attached hydrogens (tertiary/aromatic N) is 1. The molecule has 1 aromatic carbocycles. The van der Waals surface area contributed by atoms with Crippen LogP contribution in [0.2, 0.25) is 0 Å². The van der Waals surface area contributed by atoms with Crippen LogP contribution in [0.5, 0.6) is 0 Å². The molecule has 0 saturated carbocycles. The monoisotopic (exact) mass is 260 g/mol. The molecule has 94 valence electrons.